The van der Waals surface area contributed by atoms with Crippen LogP contribution in [0.15, 0.2) is 60.9 Å². The molecule has 7 heteroatoms. The summed E-state index contributed by atoms with van der Waals surface area (Å²) in [5.74, 6) is -0.367. The van der Waals surface area contributed by atoms with Gasteiger partial charge in [0.2, 0.25) is 0 Å². The van der Waals surface area contributed by atoms with E-state index in [0.717, 1.165) is 21.8 Å². The van der Waals surface area contributed by atoms with E-state index in [4.69, 9.17) is 11.6 Å². The van der Waals surface area contributed by atoms with Crippen molar-refractivity contribution in [2.24, 2.45) is 0 Å². The Hall–Kier alpha value is -2.18. The maximum atomic E-state index is 11.3. The normalized spacial score (nSPS) is 10.5. The summed E-state index contributed by atoms with van der Waals surface area (Å²) in [6, 6.07) is 14.1. The average Bonchev–Trinajstić information content (AvgIpc) is 2.61. The molecule has 0 aliphatic heterocycles. The number of rotatable bonds is 3. The number of benzene rings is 2. The topological polar surface area (TPSA) is 75.1 Å². The molecule has 2 aromatic carbocycles. The third-order valence-electron chi connectivity index (χ3n) is 3.93. The van der Waals surface area contributed by atoms with Gasteiger partial charge in [0.15, 0.2) is 0 Å². The number of aromatic carboxylic acids is 1. The van der Waals surface area contributed by atoms with Crippen LogP contribution in [0.4, 0.5) is 11.5 Å². The van der Waals surface area contributed by atoms with Gasteiger partial charge in [0.05, 0.1) is 11.1 Å². The molecule has 2 aromatic heterocycles. The van der Waals surface area contributed by atoms with Crippen LogP contribution in [0.3, 0.4) is 0 Å². The summed E-state index contributed by atoms with van der Waals surface area (Å²) in [5.41, 5.74) is 1.58. The molecule has 5 nitrogen and oxygen atoms in total. The average molecular weight is 373 g/mol. The smallest absolute Gasteiger partial charge is 0.478 e. The Morgan fingerprint density at radius 1 is 1.04 bits per heavy atom. The van der Waals surface area contributed by atoms with Crippen molar-refractivity contribution in [3.63, 3.8) is 0 Å². The zero-order chi connectivity index (χ0) is 17.4. The number of hydrogen-bond acceptors (Lipinski definition) is 4. The molecule has 0 aliphatic rings. The molecule has 122 valence electrons. The van der Waals surface area contributed by atoms with E-state index in [0.29, 0.717) is 16.4 Å². The van der Waals surface area contributed by atoms with Gasteiger partial charge in [-0.05, 0) is 36.4 Å². The van der Waals surface area contributed by atoms with Gasteiger partial charge in [-0.3, -0.25) is 4.98 Å². The number of pyridine rings is 2. The van der Waals surface area contributed by atoms with Crippen LogP contribution in [-0.4, -0.2) is 21.0 Å². The second-order valence-corrected chi connectivity index (χ2v) is 5.99. The second-order valence-electron chi connectivity index (χ2n) is 5.55. The Kier molecular flexibility index (Phi) is 5.44. The zero-order valence-electron chi connectivity index (χ0n) is 13.9. The summed E-state index contributed by atoms with van der Waals surface area (Å²) in [7, 11) is 0. The molecule has 4 aromatic rings. The molecule has 2 heterocycles. The zero-order valence-corrected chi connectivity index (χ0v) is 16.7. The van der Waals surface area contributed by atoms with Crippen molar-refractivity contribution in [3.05, 3.63) is 71.5 Å². The number of carboxylic acids is 1. The van der Waals surface area contributed by atoms with Crippen LogP contribution in [0.25, 0.3) is 21.7 Å². The molecular formula is C19H12ClN3NaO2+. The van der Waals surface area contributed by atoms with Crippen LogP contribution in [0, 0.1) is 0 Å². The Balaban J connectivity index is 0.00000196. The fourth-order valence-electron chi connectivity index (χ4n) is 2.78. The van der Waals surface area contributed by atoms with Gasteiger partial charge in [-0.1, -0.05) is 23.7 Å². The number of hydrogen-bond donors (Lipinski definition) is 2. The second kappa shape index (κ2) is 7.60. The van der Waals surface area contributed by atoms with E-state index in [2.05, 4.69) is 15.3 Å². The summed E-state index contributed by atoms with van der Waals surface area (Å²) < 4.78 is 0. The number of fused-ring (bicyclic) bond motifs is 3. The number of carboxylic acid groups (broad SMARTS) is 1. The third-order valence-corrected chi connectivity index (χ3v) is 4.17. The van der Waals surface area contributed by atoms with E-state index in [1.165, 1.54) is 0 Å². The quantitative estimate of drug-likeness (QED) is 0.424. The summed E-state index contributed by atoms with van der Waals surface area (Å²) in [5, 5.41) is 15.7. The van der Waals surface area contributed by atoms with Gasteiger partial charge >= 0.3 is 35.5 Å². The Labute approximate surface area is 176 Å². The van der Waals surface area contributed by atoms with Crippen molar-refractivity contribution < 1.29 is 39.5 Å². The Bertz CT molecular complexity index is 1130. The fourth-order valence-corrected chi connectivity index (χ4v) is 2.97. The van der Waals surface area contributed by atoms with Crippen LogP contribution in [0.5, 0.6) is 0 Å². The van der Waals surface area contributed by atoms with Gasteiger partial charge in [0, 0.05) is 39.3 Å². The van der Waals surface area contributed by atoms with E-state index >= 15 is 0 Å². The predicted octanol–water partition coefficient (Wildman–Crippen LogP) is 1.88. The van der Waals surface area contributed by atoms with Gasteiger partial charge in [-0.25, -0.2) is 9.78 Å². The van der Waals surface area contributed by atoms with Crippen molar-refractivity contribution >= 4 is 50.8 Å². The Morgan fingerprint density at radius 2 is 1.88 bits per heavy atom. The van der Waals surface area contributed by atoms with Crippen molar-refractivity contribution in [2.75, 3.05) is 5.32 Å². The van der Waals surface area contributed by atoms with Gasteiger partial charge < -0.3 is 10.4 Å². The largest absolute Gasteiger partial charge is 1.00 e. The SMILES string of the molecule is O=C(O)c1ccc2c(c1)nc(Nc1cccc(Cl)c1)c1ccncc12.[Na+]. The number of halogens is 1. The van der Waals surface area contributed by atoms with Crippen molar-refractivity contribution in [1.82, 2.24) is 9.97 Å². The molecule has 0 saturated heterocycles. The first-order valence-corrected chi connectivity index (χ1v) is 7.93. The maximum absolute atomic E-state index is 11.3. The minimum atomic E-state index is -0.987. The number of nitrogens with one attached hydrogen (secondary N) is 1. The molecule has 0 radical (unpaired) electrons. The molecular weight excluding hydrogens is 361 g/mol. The molecule has 26 heavy (non-hydrogen) atoms. The molecule has 2 N–H and O–H groups in total. The molecule has 0 spiro atoms. The number of aromatic nitrogens is 2. The van der Waals surface area contributed by atoms with Gasteiger partial charge in [-0.2, -0.15) is 0 Å². The molecule has 0 saturated carbocycles. The first-order chi connectivity index (χ1) is 12.1. The van der Waals surface area contributed by atoms with Gasteiger partial charge in [0.25, 0.3) is 0 Å². The molecule has 4 rings (SSSR count). The fraction of sp³-hybridized carbons (Fsp3) is 0. The van der Waals surface area contributed by atoms with Crippen LogP contribution in [0.1, 0.15) is 10.4 Å². The number of carbonyl (C=O) groups is 1. The molecule has 0 atom stereocenters. The summed E-state index contributed by atoms with van der Waals surface area (Å²) >= 11 is 6.04. The van der Waals surface area contributed by atoms with Crippen LogP contribution < -0.4 is 34.9 Å². The van der Waals surface area contributed by atoms with Crippen molar-refractivity contribution in [2.45, 2.75) is 0 Å². The first-order valence-electron chi connectivity index (χ1n) is 7.55. The van der Waals surface area contributed by atoms with Gasteiger partial charge in [0.1, 0.15) is 5.82 Å². The maximum Gasteiger partial charge on any atom is 1.00 e. The van der Waals surface area contributed by atoms with E-state index in [9.17, 15) is 9.90 Å². The third kappa shape index (κ3) is 3.52. The molecule has 0 amide bonds. The number of anilines is 2. The van der Waals surface area contributed by atoms with E-state index in [1.54, 1.807) is 42.7 Å². The van der Waals surface area contributed by atoms with Crippen LogP contribution in [-0.2, 0) is 0 Å². The minimum absolute atomic E-state index is 0. The van der Waals surface area contributed by atoms with E-state index in [-0.39, 0.29) is 35.1 Å². The monoisotopic (exact) mass is 372 g/mol. The molecule has 0 aliphatic carbocycles. The van der Waals surface area contributed by atoms with Crippen LogP contribution >= 0.6 is 11.6 Å². The van der Waals surface area contributed by atoms with E-state index < -0.39 is 5.97 Å². The summed E-state index contributed by atoms with van der Waals surface area (Å²) in [6.07, 6.45) is 3.45. The predicted molar refractivity (Wildman–Crippen MR) is 98.7 cm³/mol. The Morgan fingerprint density at radius 3 is 2.65 bits per heavy atom. The number of nitrogens with zero attached hydrogens (tertiary/aromatic N) is 2. The van der Waals surface area contributed by atoms with E-state index in [1.807, 2.05) is 18.2 Å². The van der Waals surface area contributed by atoms with Crippen molar-refractivity contribution in [1.29, 1.82) is 0 Å². The first kappa shape index (κ1) is 18.6. The van der Waals surface area contributed by atoms with Gasteiger partial charge in [-0.15, -0.1) is 0 Å². The standard InChI is InChI=1S/C19H12ClN3O2.Na/c20-12-2-1-3-13(9-12)22-18-15-6-7-21-10-16(15)14-5-4-11(19(24)25)8-17(14)23-18;/h1-10H,(H,22,23)(H,24,25);/q;+1. The minimum Gasteiger partial charge on any atom is -0.478 e. The molecule has 0 unspecified atom stereocenters. The molecule has 0 fully saturated rings. The molecule has 0 bridgehead atoms. The summed E-state index contributed by atoms with van der Waals surface area (Å²) in [4.78, 5) is 20.1. The van der Waals surface area contributed by atoms with Crippen LogP contribution in [0.2, 0.25) is 5.02 Å². The van der Waals surface area contributed by atoms with Crippen molar-refractivity contribution in [3.8, 4) is 0 Å². The summed E-state index contributed by atoms with van der Waals surface area (Å²) in [6.45, 7) is 0.